The van der Waals surface area contributed by atoms with Crippen LogP contribution in [0.2, 0.25) is 0 Å². The van der Waals surface area contributed by atoms with Crippen LogP contribution < -0.4 is 5.73 Å². The predicted octanol–water partition coefficient (Wildman–Crippen LogP) is 3.37. The summed E-state index contributed by atoms with van der Waals surface area (Å²) in [6.07, 6.45) is 0.838. The van der Waals surface area contributed by atoms with Crippen LogP contribution in [0.25, 0.3) is 5.69 Å². The maximum atomic E-state index is 12.8. The highest BCUT2D eigenvalue weighted by molar-refractivity contribution is 7.91. The third-order valence-corrected chi connectivity index (χ3v) is 6.07. The second kappa shape index (κ2) is 6.92. The van der Waals surface area contributed by atoms with Gasteiger partial charge in [-0.15, -0.1) is 5.10 Å². The van der Waals surface area contributed by atoms with Gasteiger partial charge in [0, 0.05) is 0 Å². The van der Waals surface area contributed by atoms with Crippen molar-refractivity contribution in [3.05, 3.63) is 59.7 Å². The number of aromatic nitrogens is 3. The summed E-state index contributed by atoms with van der Waals surface area (Å²) in [5.41, 5.74) is 8.98. The first-order valence-corrected chi connectivity index (χ1v) is 9.98. The molecule has 3 rings (SSSR count). The molecule has 0 unspecified atom stereocenters. The number of benzene rings is 2. The quantitative estimate of drug-likeness (QED) is 0.743. The van der Waals surface area contributed by atoms with Crippen LogP contribution in [0.1, 0.15) is 37.8 Å². The molecule has 1 heterocycles. The summed E-state index contributed by atoms with van der Waals surface area (Å²) in [4.78, 5) is 0.156. The van der Waals surface area contributed by atoms with Crippen molar-refractivity contribution in [2.45, 2.75) is 43.0 Å². The molecule has 0 atom stereocenters. The Labute approximate surface area is 153 Å². The Bertz CT molecular complexity index is 1000. The molecule has 3 aromatic rings. The topological polar surface area (TPSA) is 90.9 Å². The molecule has 136 valence electrons. The van der Waals surface area contributed by atoms with Gasteiger partial charge in [0.2, 0.25) is 14.9 Å². The molecule has 2 N–H and O–H groups in total. The molecule has 0 saturated carbocycles. The van der Waals surface area contributed by atoms with Crippen LogP contribution in [0, 0.1) is 0 Å². The fraction of sp³-hybridized carbons (Fsp3) is 0.263. The number of nitrogen functional groups attached to an aromatic ring is 1. The van der Waals surface area contributed by atoms with Gasteiger partial charge in [-0.1, -0.05) is 50.3 Å². The van der Waals surface area contributed by atoms with E-state index in [4.69, 9.17) is 5.73 Å². The Morgan fingerprint density at radius 2 is 1.65 bits per heavy atom. The van der Waals surface area contributed by atoms with E-state index in [0.29, 0.717) is 11.6 Å². The second-order valence-corrected chi connectivity index (χ2v) is 8.30. The standard InChI is InChI=1S/C19H22N4O2S/c1-4-14-5-11-17(12-6-14)26(24,25)19-18(20)23(22-21-19)16-9-7-15(8-10-16)13(2)3/h5-13H,4,20H2,1-3H3. The third kappa shape index (κ3) is 3.22. The molecular weight excluding hydrogens is 348 g/mol. The molecule has 0 bridgehead atoms. The lowest BCUT2D eigenvalue weighted by atomic mass is 10.0. The van der Waals surface area contributed by atoms with Crippen LogP contribution >= 0.6 is 0 Å². The van der Waals surface area contributed by atoms with Crippen molar-refractivity contribution >= 4 is 15.7 Å². The minimum absolute atomic E-state index is 0.00173. The number of hydrogen-bond acceptors (Lipinski definition) is 5. The van der Waals surface area contributed by atoms with Crippen molar-refractivity contribution in [1.82, 2.24) is 15.0 Å². The normalized spacial score (nSPS) is 11.8. The van der Waals surface area contributed by atoms with Gasteiger partial charge >= 0.3 is 0 Å². The Hall–Kier alpha value is -2.67. The SMILES string of the molecule is CCc1ccc(S(=O)(=O)c2nnn(-c3ccc(C(C)C)cc3)c2N)cc1. The van der Waals surface area contributed by atoms with E-state index in [9.17, 15) is 8.42 Å². The highest BCUT2D eigenvalue weighted by atomic mass is 32.2. The number of sulfone groups is 1. The van der Waals surface area contributed by atoms with E-state index in [2.05, 4.69) is 24.2 Å². The smallest absolute Gasteiger partial charge is 0.229 e. The van der Waals surface area contributed by atoms with Crippen molar-refractivity contribution < 1.29 is 8.42 Å². The Morgan fingerprint density at radius 1 is 1.04 bits per heavy atom. The molecular formula is C19H22N4O2S. The summed E-state index contributed by atoms with van der Waals surface area (Å²) in [6, 6.07) is 14.4. The van der Waals surface area contributed by atoms with E-state index < -0.39 is 9.84 Å². The molecule has 0 amide bonds. The molecule has 0 aliphatic rings. The van der Waals surface area contributed by atoms with E-state index in [1.165, 1.54) is 10.2 Å². The Balaban J connectivity index is 1.99. The molecule has 0 aliphatic carbocycles. The van der Waals surface area contributed by atoms with Gasteiger partial charge in [-0.3, -0.25) is 0 Å². The number of nitrogens with two attached hydrogens (primary N) is 1. The third-order valence-electron chi connectivity index (χ3n) is 4.37. The predicted molar refractivity (Wildman–Crippen MR) is 101 cm³/mol. The van der Waals surface area contributed by atoms with Gasteiger partial charge in [0.1, 0.15) is 0 Å². The van der Waals surface area contributed by atoms with Gasteiger partial charge in [0.15, 0.2) is 5.82 Å². The number of rotatable bonds is 5. The molecule has 0 radical (unpaired) electrons. The van der Waals surface area contributed by atoms with E-state index in [0.717, 1.165) is 12.0 Å². The van der Waals surface area contributed by atoms with E-state index in [-0.39, 0.29) is 15.7 Å². The molecule has 0 fully saturated rings. The highest BCUT2D eigenvalue weighted by Crippen LogP contribution is 2.26. The maximum absolute atomic E-state index is 12.8. The van der Waals surface area contributed by atoms with Crippen LogP contribution in [0.3, 0.4) is 0 Å². The number of nitrogens with zero attached hydrogens (tertiary/aromatic N) is 3. The molecule has 0 spiro atoms. The first-order chi connectivity index (χ1) is 12.3. The van der Waals surface area contributed by atoms with Gasteiger partial charge in [-0.2, -0.15) is 4.68 Å². The zero-order valence-corrected chi connectivity index (χ0v) is 15.9. The van der Waals surface area contributed by atoms with Crippen molar-refractivity contribution in [3.63, 3.8) is 0 Å². The van der Waals surface area contributed by atoms with E-state index in [1.807, 2.05) is 31.2 Å². The van der Waals surface area contributed by atoms with Gasteiger partial charge in [0.25, 0.3) is 0 Å². The van der Waals surface area contributed by atoms with Crippen molar-refractivity contribution in [3.8, 4) is 5.69 Å². The second-order valence-electron chi connectivity index (χ2n) is 6.44. The van der Waals surface area contributed by atoms with Crippen molar-refractivity contribution in [2.24, 2.45) is 0 Å². The van der Waals surface area contributed by atoms with Gasteiger partial charge in [0.05, 0.1) is 10.6 Å². The monoisotopic (exact) mass is 370 g/mol. The fourth-order valence-corrected chi connectivity index (χ4v) is 3.90. The summed E-state index contributed by atoms with van der Waals surface area (Å²) < 4.78 is 27.0. The fourth-order valence-electron chi connectivity index (χ4n) is 2.67. The van der Waals surface area contributed by atoms with Crippen molar-refractivity contribution in [1.29, 1.82) is 0 Å². The number of anilines is 1. The van der Waals surface area contributed by atoms with E-state index in [1.54, 1.807) is 24.3 Å². The minimum atomic E-state index is -3.82. The first-order valence-electron chi connectivity index (χ1n) is 8.50. The molecule has 0 aliphatic heterocycles. The Morgan fingerprint density at radius 3 is 2.19 bits per heavy atom. The number of aryl methyl sites for hydroxylation is 1. The maximum Gasteiger partial charge on any atom is 0.229 e. The van der Waals surface area contributed by atoms with Crippen LogP contribution in [-0.4, -0.2) is 23.4 Å². The average molecular weight is 370 g/mol. The van der Waals surface area contributed by atoms with Crippen LogP contribution in [-0.2, 0) is 16.3 Å². The minimum Gasteiger partial charge on any atom is -0.381 e. The lowest BCUT2D eigenvalue weighted by Gasteiger charge is -2.08. The lowest BCUT2D eigenvalue weighted by molar-refractivity contribution is 0.592. The van der Waals surface area contributed by atoms with Crippen LogP contribution in [0.4, 0.5) is 5.82 Å². The first kappa shape index (κ1) is 18.1. The summed E-state index contributed by atoms with van der Waals surface area (Å²) >= 11 is 0. The largest absolute Gasteiger partial charge is 0.381 e. The summed E-state index contributed by atoms with van der Waals surface area (Å²) in [5.74, 6) is 0.404. The lowest BCUT2D eigenvalue weighted by Crippen LogP contribution is -2.08. The van der Waals surface area contributed by atoms with Crippen LogP contribution in [0.5, 0.6) is 0 Å². The molecule has 7 heteroatoms. The van der Waals surface area contributed by atoms with Crippen molar-refractivity contribution in [2.75, 3.05) is 5.73 Å². The molecule has 2 aromatic carbocycles. The summed E-state index contributed by atoms with van der Waals surface area (Å²) in [6.45, 7) is 6.22. The highest BCUT2D eigenvalue weighted by Gasteiger charge is 2.26. The molecule has 0 saturated heterocycles. The molecule has 26 heavy (non-hydrogen) atoms. The van der Waals surface area contributed by atoms with E-state index >= 15 is 0 Å². The summed E-state index contributed by atoms with van der Waals surface area (Å²) in [5, 5.41) is 7.56. The number of hydrogen-bond donors (Lipinski definition) is 1. The van der Waals surface area contributed by atoms with Gasteiger partial charge in [-0.25, -0.2) is 8.42 Å². The average Bonchev–Trinajstić information content (AvgIpc) is 3.04. The zero-order chi connectivity index (χ0) is 18.9. The molecule has 1 aromatic heterocycles. The van der Waals surface area contributed by atoms with Gasteiger partial charge in [-0.05, 0) is 47.7 Å². The zero-order valence-electron chi connectivity index (χ0n) is 15.0. The molecule has 6 nitrogen and oxygen atoms in total. The summed E-state index contributed by atoms with van der Waals surface area (Å²) in [7, 11) is -3.82. The van der Waals surface area contributed by atoms with Gasteiger partial charge < -0.3 is 5.73 Å². The Kier molecular flexibility index (Phi) is 4.82. The van der Waals surface area contributed by atoms with Crippen LogP contribution in [0.15, 0.2) is 58.5 Å².